The van der Waals surface area contributed by atoms with Gasteiger partial charge in [0.25, 0.3) is 5.91 Å². The molecule has 1 fully saturated rings. The molecule has 0 spiro atoms. The second-order valence-corrected chi connectivity index (χ2v) is 4.21. The summed E-state index contributed by atoms with van der Waals surface area (Å²) in [5, 5.41) is 2.60. The Kier molecular flexibility index (Phi) is 2.74. The molecule has 0 radical (unpaired) electrons. The van der Waals surface area contributed by atoms with Gasteiger partial charge in [0.2, 0.25) is 0 Å². The summed E-state index contributed by atoms with van der Waals surface area (Å²) in [7, 11) is 1.64. The Morgan fingerprint density at radius 3 is 2.64 bits per heavy atom. The molecule has 4 heteroatoms. The lowest BCUT2D eigenvalue weighted by Gasteiger charge is -2.02. The molecule has 1 aromatic carbocycles. The van der Waals surface area contributed by atoms with E-state index in [0.29, 0.717) is 0 Å². The van der Waals surface area contributed by atoms with Crippen molar-refractivity contribution in [3.05, 3.63) is 35.4 Å². The van der Waals surface area contributed by atoms with E-state index < -0.39 is 0 Å². The maximum absolute atomic E-state index is 11.2. The summed E-state index contributed by atoms with van der Waals surface area (Å²) in [5.74, 6) is 1.09. The van der Waals surface area contributed by atoms with Crippen molar-refractivity contribution in [2.24, 2.45) is 0 Å². The molecule has 1 atom stereocenters. The highest BCUT2D eigenvalue weighted by Gasteiger charge is 2.18. The number of carbonyl (C=O) groups excluding carboxylic acids is 1. The zero-order valence-electron chi connectivity index (χ0n) is 7.99. The fraction of sp³-hybridized carbons (Fsp3) is 0.300. The molecule has 0 bridgehead atoms. The first-order valence-corrected chi connectivity index (χ1v) is 5.43. The monoisotopic (exact) mass is 208 g/mol. The first kappa shape index (κ1) is 9.55. The Labute approximate surface area is 87.6 Å². The van der Waals surface area contributed by atoms with E-state index in [1.807, 2.05) is 36.2 Å². The van der Waals surface area contributed by atoms with Gasteiger partial charge in [-0.1, -0.05) is 24.1 Å². The number of nitrogens with one attached hydrogen (secondary N) is 1. The minimum absolute atomic E-state index is 0.0300. The molecule has 14 heavy (non-hydrogen) atoms. The van der Waals surface area contributed by atoms with Crippen LogP contribution in [0, 0.1) is 0 Å². The van der Waals surface area contributed by atoms with Gasteiger partial charge in [-0.25, -0.2) is 4.31 Å². The number of amides is 1. The van der Waals surface area contributed by atoms with E-state index in [1.54, 1.807) is 7.05 Å². The maximum atomic E-state index is 11.2. The Bertz CT molecular complexity index is 332. The van der Waals surface area contributed by atoms with Crippen LogP contribution >= 0.6 is 11.9 Å². The van der Waals surface area contributed by atoms with Gasteiger partial charge in [-0.15, -0.1) is 0 Å². The van der Waals surface area contributed by atoms with E-state index in [0.717, 1.165) is 18.0 Å². The van der Waals surface area contributed by atoms with Crippen molar-refractivity contribution < 1.29 is 4.79 Å². The van der Waals surface area contributed by atoms with E-state index in [9.17, 15) is 4.79 Å². The van der Waals surface area contributed by atoms with Crippen LogP contribution in [0.15, 0.2) is 24.3 Å². The van der Waals surface area contributed by atoms with Gasteiger partial charge < -0.3 is 5.32 Å². The van der Waals surface area contributed by atoms with Crippen molar-refractivity contribution in [2.75, 3.05) is 12.9 Å². The topological polar surface area (TPSA) is 32.1 Å². The zero-order chi connectivity index (χ0) is 9.97. The summed E-state index contributed by atoms with van der Waals surface area (Å²) in [6, 6.07) is 7.73. The number of hydrogen-bond donors (Lipinski definition) is 1. The molecule has 74 valence electrons. The third-order valence-corrected chi connectivity index (χ3v) is 2.87. The van der Waals surface area contributed by atoms with E-state index in [2.05, 4.69) is 9.62 Å². The molecule has 0 aromatic heterocycles. The van der Waals surface area contributed by atoms with Crippen LogP contribution in [0.3, 0.4) is 0 Å². The van der Waals surface area contributed by atoms with Crippen molar-refractivity contribution >= 4 is 17.9 Å². The molecular weight excluding hydrogens is 196 g/mol. The molecule has 0 aliphatic carbocycles. The number of nitrogens with zero attached hydrogens (tertiary/aromatic N) is 1. The van der Waals surface area contributed by atoms with Crippen LogP contribution in [0.25, 0.3) is 0 Å². The Hall–Kier alpha value is -1.00. The van der Waals surface area contributed by atoms with E-state index in [4.69, 9.17) is 0 Å². The van der Waals surface area contributed by atoms with Gasteiger partial charge in [-0.3, -0.25) is 4.79 Å². The Morgan fingerprint density at radius 1 is 1.50 bits per heavy atom. The average Bonchev–Trinajstić information content (AvgIpc) is 3.02. The smallest absolute Gasteiger partial charge is 0.251 e. The second-order valence-electron chi connectivity index (χ2n) is 3.17. The van der Waals surface area contributed by atoms with Gasteiger partial charge >= 0.3 is 0 Å². The van der Waals surface area contributed by atoms with Crippen LogP contribution in [0.1, 0.15) is 15.9 Å². The minimum Gasteiger partial charge on any atom is -0.355 e. The number of benzene rings is 1. The molecule has 1 aromatic rings. The zero-order valence-corrected chi connectivity index (χ0v) is 8.80. The van der Waals surface area contributed by atoms with Crippen molar-refractivity contribution in [1.82, 2.24) is 9.62 Å². The number of carbonyl (C=O) groups is 1. The maximum Gasteiger partial charge on any atom is 0.251 e. The highest BCUT2D eigenvalue weighted by Crippen LogP contribution is 2.29. The molecule has 1 N–H and O–H groups in total. The van der Waals surface area contributed by atoms with Gasteiger partial charge in [0, 0.05) is 19.2 Å². The van der Waals surface area contributed by atoms with Crippen LogP contribution in [0.2, 0.25) is 0 Å². The van der Waals surface area contributed by atoms with Crippen LogP contribution < -0.4 is 5.32 Å². The molecule has 1 unspecified atom stereocenters. The lowest BCUT2D eigenvalue weighted by Crippen LogP contribution is -2.17. The predicted molar refractivity (Wildman–Crippen MR) is 57.8 cm³/mol. The van der Waals surface area contributed by atoms with Gasteiger partial charge in [-0.05, 0) is 17.7 Å². The standard InChI is InChI=1S/C10H12N2OS/c1-11-10(13)9-4-2-8(3-5-9)6-12-7-14-12/h2-5H,6-7H2,1H3,(H,11,13). The van der Waals surface area contributed by atoms with Gasteiger partial charge in [-0.2, -0.15) is 0 Å². The van der Waals surface area contributed by atoms with Crippen LogP contribution in [0.4, 0.5) is 0 Å². The summed E-state index contributed by atoms with van der Waals surface area (Å²) in [5.41, 5.74) is 1.97. The summed E-state index contributed by atoms with van der Waals surface area (Å²) < 4.78 is 2.26. The lowest BCUT2D eigenvalue weighted by molar-refractivity contribution is 0.0963. The van der Waals surface area contributed by atoms with Gasteiger partial charge in [0.15, 0.2) is 0 Å². The molecule has 1 saturated heterocycles. The van der Waals surface area contributed by atoms with Gasteiger partial charge in [0.1, 0.15) is 0 Å². The van der Waals surface area contributed by atoms with Gasteiger partial charge in [0.05, 0.1) is 5.88 Å². The molecule has 2 rings (SSSR count). The quantitative estimate of drug-likeness (QED) is 0.603. The Morgan fingerprint density at radius 2 is 2.14 bits per heavy atom. The third kappa shape index (κ3) is 2.27. The largest absolute Gasteiger partial charge is 0.355 e. The summed E-state index contributed by atoms with van der Waals surface area (Å²) in [6.45, 7) is 0.971. The van der Waals surface area contributed by atoms with E-state index >= 15 is 0 Å². The number of rotatable bonds is 3. The molecular formula is C10H12N2OS. The molecule has 0 saturated carbocycles. The third-order valence-electron chi connectivity index (χ3n) is 2.11. The summed E-state index contributed by atoms with van der Waals surface area (Å²) >= 11 is 1.83. The summed E-state index contributed by atoms with van der Waals surface area (Å²) in [4.78, 5) is 11.2. The lowest BCUT2D eigenvalue weighted by atomic mass is 10.1. The second kappa shape index (κ2) is 4.02. The SMILES string of the molecule is CNC(=O)c1ccc(CN2CS2)cc1. The first-order valence-electron chi connectivity index (χ1n) is 4.48. The minimum atomic E-state index is -0.0300. The average molecular weight is 208 g/mol. The van der Waals surface area contributed by atoms with Crippen molar-refractivity contribution in [2.45, 2.75) is 6.54 Å². The van der Waals surface area contributed by atoms with Crippen molar-refractivity contribution in [3.63, 3.8) is 0 Å². The summed E-state index contributed by atoms with van der Waals surface area (Å²) in [6.07, 6.45) is 0. The van der Waals surface area contributed by atoms with Crippen LogP contribution in [-0.2, 0) is 6.54 Å². The highest BCUT2D eigenvalue weighted by molar-refractivity contribution is 8.02. The first-order chi connectivity index (χ1) is 6.79. The molecule has 1 aliphatic heterocycles. The van der Waals surface area contributed by atoms with E-state index in [1.165, 1.54) is 5.56 Å². The predicted octanol–water partition coefficient (Wildman–Crippen LogP) is 1.47. The Balaban J connectivity index is 2.04. The highest BCUT2D eigenvalue weighted by atomic mass is 32.2. The normalized spacial score (nSPS) is 19.1. The van der Waals surface area contributed by atoms with Crippen LogP contribution in [-0.4, -0.2) is 23.1 Å². The molecule has 1 aliphatic rings. The molecule has 1 amide bonds. The molecule has 1 heterocycles. The van der Waals surface area contributed by atoms with Crippen LogP contribution in [0.5, 0.6) is 0 Å². The van der Waals surface area contributed by atoms with Crippen molar-refractivity contribution in [3.8, 4) is 0 Å². The van der Waals surface area contributed by atoms with E-state index in [-0.39, 0.29) is 5.91 Å². The van der Waals surface area contributed by atoms with Crippen molar-refractivity contribution in [1.29, 1.82) is 0 Å². The molecule has 3 nitrogen and oxygen atoms in total. The fourth-order valence-electron chi connectivity index (χ4n) is 1.24. The fourth-order valence-corrected chi connectivity index (χ4v) is 1.65. The number of hydrogen-bond acceptors (Lipinski definition) is 3.